The van der Waals surface area contributed by atoms with Crippen molar-refractivity contribution in [3.63, 3.8) is 0 Å². The number of non-ortho nitro benzene ring substituents is 1. The topological polar surface area (TPSA) is 113 Å². The second-order valence-electron chi connectivity index (χ2n) is 3.74. The van der Waals surface area contributed by atoms with E-state index in [4.69, 9.17) is 5.11 Å². The van der Waals surface area contributed by atoms with Crippen molar-refractivity contribution in [1.29, 1.82) is 0 Å². The molecule has 0 radical (unpaired) electrons. The summed E-state index contributed by atoms with van der Waals surface area (Å²) in [5.41, 5.74) is -0.0506. The third-order valence-electron chi connectivity index (χ3n) is 2.55. The van der Waals surface area contributed by atoms with Crippen LogP contribution in [0.15, 0.2) is 23.1 Å². The van der Waals surface area contributed by atoms with E-state index in [1.807, 2.05) is 0 Å². The zero-order valence-electron chi connectivity index (χ0n) is 10.5. The molecule has 0 saturated carbocycles. The van der Waals surface area contributed by atoms with Crippen molar-refractivity contribution in [2.45, 2.75) is 4.90 Å². The molecule has 0 atom stereocenters. The summed E-state index contributed by atoms with van der Waals surface area (Å²) < 4.78 is 25.4. The van der Waals surface area contributed by atoms with Gasteiger partial charge in [0, 0.05) is 32.8 Å². The second-order valence-corrected chi connectivity index (χ2v) is 5.75. The van der Waals surface area contributed by atoms with E-state index < -0.39 is 14.9 Å². The zero-order chi connectivity index (χ0) is 14.6. The van der Waals surface area contributed by atoms with E-state index >= 15 is 0 Å². The molecule has 2 N–H and O–H groups in total. The Kier molecular flexibility index (Phi) is 4.81. The van der Waals surface area contributed by atoms with Crippen molar-refractivity contribution in [3.05, 3.63) is 28.3 Å². The van der Waals surface area contributed by atoms with Crippen LogP contribution in [0.1, 0.15) is 0 Å². The molecule has 0 saturated heterocycles. The number of aliphatic hydroxyl groups is 1. The number of nitro groups is 1. The molecule has 106 valence electrons. The summed E-state index contributed by atoms with van der Waals surface area (Å²) in [7, 11) is -1.08. The van der Waals surface area contributed by atoms with Gasteiger partial charge in [-0.3, -0.25) is 10.1 Å². The van der Waals surface area contributed by atoms with Gasteiger partial charge in [0.25, 0.3) is 5.69 Å². The minimum Gasteiger partial charge on any atom is -0.395 e. The lowest BCUT2D eigenvalue weighted by Gasteiger charge is -2.18. The van der Waals surface area contributed by atoms with Gasteiger partial charge in [-0.15, -0.1) is 0 Å². The predicted octanol–water partition coefficient (Wildman–Crippen LogP) is 0.249. The summed E-state index contributed by atoms with van der Waals surface area (Å²) in [5, 5.41) is 22.2. The fourth-order valence-corrected chi connectivity index (χ4v) is 2.85. The van der Waals surface area contributed by atoms with E-state index in [1.165, 1.54) is 26.2 Å². The highest BCUT2D eigenvalue weighted by molar-refractivity contribution is 7.89. The summed E-state index contributed by atoms with van der Waals surface area (Å²) >= 11 is 0. The fraction of sp³-hybridized carbons (Fsp3) is 0.400. The number of hydrogen-bond donors (Lipinski definition) is 2. The molecule has 0 aromatic heterocycles. The first kappa shape index (κ1) is 15.3. The number of nitrogens with zero attached hydrogens (tertiary/aromatic N) is 2. The molecule has 0 aliphatic rings. The lowest BCUT2D eigenvalue weighted by Crippen LogP contribution is -2.30. The summed E-state index contributed by atoms with van der Waals surface area (Å²) in [4.78, 5) is 9.86. The van der Waals surface area contributed by atoms with Crippen LogP contribution in [-0.4, -0.2) is 50.0 Å². The molecular formula is C10H15N3O5S. The molecule has 0 aliphatic carbocycles. The van der Waals surface area contributed by atoms with Gasteiger partial charge in [0.2, 0.25) is 10.0 Å². The Morgan fingerprint density at radius 2 is 2.11 bits per heavy atom. The maximum atomic E-state index is 12.2. The largest absolute Gasteiger partial charge is 0.395 e. The number of hydrogen-bond acceptors (Lipinski definition) is 6. The number of anilines is 1. The Morgan fingerprint density at radius 3 is 2.58 bits per heavy atom. The Morgan fingerprint density at radius 1 is 1.47 bits per heavy atom. The van der Waals surface area contributed by atoms with Gasteiger partial charge in [0.05, 0.1) is 17.2 Å². The fourth-order valence-electron chi connectivity index (χ4n) is 1.47. The highest BCUT2D eigenvalue weighted by atomic mass is 32.2. The van der Waals surface area contributed by atoms with Crippen LogP contribution in [0.4, 0.5) is 11.4 Å². The molecule has 1 aromatic rings. The number of sulfonamides is 1. The summed E-state index contributed by atoms with van der Waals surface area (Å²) in [6.07, 6.45) is 0. The van der Waals surface area contributed by atoms with E-state index in [2.05, 4.69) is 5.32 Å². The number of likely N-dealkylation sites (N-methyl/N-ethyl adjacent to an activating group) is 1. The van der Waals surface area contributed by atoms with Gasteiger partial charge in [0.1, 0.15) is 4.90 Å². The average molecular weight is 289 g/mol. The van der Waals surface area contributed by atoms with Crippen molar-refractivity contribution in [1.82, 2.24) is 4.31 Å². The quantitative estimate of drug-likeness (QED) is 0.573. The Hall–Kier alpha value is -1.71. The molecule has 0 aliphatic heterocycles. The standard InChI is InChI=1S/C10H15N3O5S/c1-11-9-4-3-8(13(15)16)7-10(9)19(17,18)12(2)5-6-14/h3-4,7,11,14H,5-6H2,1-2H3. The lowest BCUT2D eigenvalue weighted by atomic mass is 10.3. The van der Waals surface area contributed by atoms with Crippen LogP contribution in [0.2, 0.25) is 0 Å². The van der Waals surface area contributed by atoms with Crippen LogP contribution < -0.4 is 5.32 Å². The lowest BCUT2D eigenvalue weighted by molar-refractivity contribution is -0.385. The van der Waals surface area contributed by atoms with Crippen LogP contribution >= 0.6 is 0 Å². The molecule has 1 rings (SSSR count). The second kappa shape index (κ2) is 5.95. The van der Waals surface area contributed by atoms with E-state index in [9.17, 15) is 18.5 Å². The zero-order valence-corrected chi connectivity index (χ0v) is 11.3. The van der Waals surface area contributed by atoms with Crippen LogP contribution in [0.5, 0.6) is 0 Å². The maximum absolute atomic E-state index is 12.2. The summed E-state index contributed by atoms with van der Waals surface area (Å²) in [6, 6.07) is 3.55. The highest BCUT2D eigenvalue weighted by Crippen LogP contribution is 2.28. The average Bonchev–Trinajstić information content (AvgIpc) is 2.38. The third-order valence-corrected chi connectivity index (χ3v) is 4.45. The van der Waals surface area contributed by atoms with Crippen LogP contribution in [0.25, 0.3) is 0 Å². The molecule has 0 unspecified atom stereocenters. The predicted molar refractivity (Wildman–Crippen MR) is 69.5 cm³/mol. The molecule has 19 heavy (non-hydrogen) atoms. The van der Waals surface area contributed by atoms with Gasteiger partial charge in [-0.1, -0.05) is 0 Å². The van der Waals surface area contributed by atoms with E-state index in [0.29, 0.717) is 0 Å². The molecule has 9 heteroatoms. The van der Waals surface area contributed by atoms with Crippen molar-refractivity contribution >= 4 is 21.4 Å². The molecule has 0 amide bonds. The van der Waals surface area contributed by atoms with Gasteiger partial charge < -0.3 is 10.4 Å². The molecule has 1 aromatic carbocycles. The molecule has 0 bridgehead atoms. The van der Waals surface area contributed by atoms with Gasteiger partial charge in [-0.05, 0) is 6.07 Å². The first-order valence-corrected chi connectivity index (χ1v) is 6.82. The molecule has 8 nitrogen and oxygen atoms in total. The highest BCUT2D eigenvalue weighted by Gasteiger charge is 2.25. The van der Waals surface area contributed by atoms with Crippen molar-refractivity contribution in [2.24, 2.45) is 0 Å². The smallest absolute Gasteiger partial charge is 0.270 e. The van der Waals surface area contributed by atoms with Crippen LogP contribution in [0, 0.1) is 10.1 Å². The normalized spacial score (nSPS) is 11.6. The number of nitrogens with one attached hydrogen (secondary N) is 1. The third kappa shape index (κ3) is 3.19. The molecule has 0 heterocycles. The maximum Gasteiger partial charge on any atom is 0.270 e. The minimum absolute atomic E-state index is 0.0891. The minimum atomic E-state index is -3.89. The van der Waals surface area contributed by atoms with E-state index in [0.717, 1.165) is 10.4 Å². The molecule has 0 fully saturated rings. The summed E-state index contributed by atoms with van der Waals surface area (Å²) in [5.74, 6) is 0. The van der Waals surface area contributed by atoms with E-state index in [1.54, 1.807) is 0 Å². The van der Waals surface area contributed by atoms with Crippen molar-refractivity contribution < 1.29 is 18.4 Å². The van der Waals surface area contributed by atoms with Crippen molar-refractivity contribution in [2.75, 3.05) is 32.6 Å². The van der Waals surface area contributed by atoms with Crippen LogP contribution in [-0.2, 0) is 10.0 Å². The van der Waals surface area contributed by atoms with Crippen LogP contribution in [0.3, 0.4) is 0 Å². The molecule has 0 spiro atoms. The van der Waals surface area contributed by atoms with Gasteiger partial charge in [-0.2, -0.15) is 4.31 Å². The molecular weight excluding hydrogens is 274 g/mol. The first-order valence-electron chi connectivity index (χ1n) is 5.38. The number of aliphatic hydroxyl groups excluding tert-OH is 1. The Balaban J connectivity index is 3.38. The van der Waals surface area contributed by atoms with Crippen molar-refractivity contribution in [3.8, 4) is 0 Å². The summed E-state index contributed by atoms with van der Waals surface area (Å²) in [6.45, 7) is -0.423. The monoisotopic (exact) mass is 289 g/mol. The van der Waals surface area contributed by atoms with Gasteiger partial charge in [0.15, 0.2) is 0 Å². The Labute approximate surface area is 110 Å². The van der Waals surface area contributed by atoms with E-state index in [-0.39, 0.29) is 29.4 Å². The van der Waals surface area contributed by atoms with Gasteiger partial charge >= 0.3 is 0 Å². The first-order chi connectivity index (χ1) is 8.84. The number of benzene rings is 1. The Bertz CT molecular complexity index is 573. The SMILES string of the molecule is CNc1ccc([N+](=O)[O-])cc1S(=O)(=O)N(C)CCO. The number of rotatable bonds is 6. The van der Waals surface area contributed by atoms with Gasteiger partial charge in [-0.25, -0.2) is 8.42 Å². The number of nitro benzene ring substituents is 1.